The van der Waals surface area contributed by atoms with Crippen LogP contribution in [0.4, 0.5) is 4.79 Å². The monoisotopic (exact) mass is 232 g/mol. The Morgan fingerprint density at radius 2 is 2.29 bits per heavy atom. The number of carbonyl (C=O) groups excluding carboxylic acids is 1. The number of benzene rings is 1. The van der Waals surface area contributed by atoms with Crippen LogP contribution >= 0.6 is 0 Å². The summed E-state index contributed by atoms with van der Waals surface area (Å²) in [7, 11) is 0. The predicted octanol–water partition coefficient (Wildman–Crippen LogP) is 1.27. The third kappa shape index (κ3) is 2.13. The van der Waals surface area contributed by atoms with Gasteiger partial charge in [0.05, 0.1) is 5.54 Å². The molecule has 0 radical (unpaired) electrons. The van der Waals surface area contributed by atoms with Gasteiger partial charge in [-0.15, -0.1) is 0 Å². The molecule has 2 atom stereocenters. The first-order chi connectivity index (χ1) is 8.28. The van der Waals surface area contributed by atoms with Crippen LogP contribution in [0.2, 0.25) is 0 Å². The van der Waals surface area contributed by atoms with Gasteiger partial charge in [0.15, 0.2) is 0 Å². The normalized spacial score (nSPS) is 29.5. The van der Waals surface area contributed by atoms with E-state index in [2.05, 4.69) is 10.6 Å². The third-order valence-electron chi connectivity index (χ3n) is 3.63. The molecule has 1 saturated heterocycles. The Balaban J connectivity index is 1.48. The van der Waals surface area contributed by atoms with Crippen molar-refractivity contribution in [2.45, 2.75) is 18.6 Å². The number of alkyl carbamates (subject to hydrolysis) is 1. The smallest absolute Gasteiger partial charge is 0.407 e. The average Bonchev–Trinajstić information content (AvgIpc) is 2.88. The van der Waals surface area contributed by atoms with Crippen molar-refractivity contribution in [2.75, 3.05) is 13.1 Å². The molecule has 0 unspecified atom stereocenters. The van der Waals surface area contributed by atoms with E-state index in [1.807, 2.05) is 30.3 Å². The molecule has 90 valence electrons. The van der Waals surface area contributed by atoms with Crippen molar-refractivity contribution in [2.24, 2.45) is 5.92 Å². The Hall–Kier alpha value is -1.55. The molecule has 1 aromatic carbocycles. The van der Waals surface area contributed by atoms with E-state index in [0.717, 1.165) is 25.1 Å². The Morgan fingerprint density at radius 1 is 1.47 bits per heavy atom. The second-order valence-corrected chi connectivity index (χ2v) is 4.87. The fourth-order valence-electron chi connectivity index (χ4n) is 2.49. The van der Waals surface area contributed by atoms with E-state index in [1.165, 1.54) is 0 Å². The van der Waals surface area contributed by atoms with E-state index in [0.29, 0.717) is 12.5 Å². The van der Waals surface area contributed by atoms with Gasteiger partial charge in [-0.2, -0.15) is 0 Å². The Labute approximate surface area is 100 Å². The molecule has 1 heterocycles. The Kier molecular flexibility index (Phi) is 2.52. The van der Waals surface area contributed by atoms with E-state index < -0.39 is 0 Å². The first kappa shape index (κ1) is 10.6. The lowest BCUT2D eigenvalue weighted by atomic mass is 10.2. The molecule has 1 aromatic rings. The number of fused-ring (bicyclic) bond motifs is 1. The number of ether oxygens (including phenoxy) is 1. The molecule has 1 aliphatic heterocycles. The van der Waals surface area contributed by atoms with Gasteiger partial charge >= 0.3 is 6.09 Å². The third-order valence-corrected chi connectivity index (χ3v) is 3.63. The molecular weight excluding hydrogens is 216 g/mol. The zero-order valence-electron chi connectivity index (χ0n) is 9.61. The summed E-state index contributed by atoms with van der Waals surface area (Å²) in [5.74, 6) is 0.603. The van der Waals surface area contributed by atoms with Crippen LogP contribution in [-0.2, 0) is 11.3 Å². The van der Waals surface area contributed by atoms with Gasteiger partial charge in [-0.3, -0.25) is 0 Å². The second-order valence-electron chi connectivity index (χ2n) is 4.87. The second kappa shape index (κ2) is 4.04. The van der Waals surface area contributed by atoms with Crippen LogP contribution in [0.25, 0.3) is 0 Å². The summed E-state index contributed by atoms with van der Waals surface area (Å²) in [5, 5.41) is 6.25. The van der Waals surface area contributed by atoms with Gasteiger partial charge in [0.25, 0.3) is 0 Å². The van der Waals surface area contributed by atoms with Crippen molar-refractivity contribution in [3.63, 3.8) is 0 Å². The molecule has 0 bridgehead atoms. The number of hydrogen-bond acceptors (Lipinski definition) is 3. The van der Waals surface area contributed by atoms with E-state index in [9.17, 15) is 4.79 Å². The first-order valence-electron chi connectivity index (χ1n) is 5.98. The first-order valence-corrected chi connectivity index (χ1v) is 5.98. The van der Waals surface area contributed by atoms with Crippen LogP contribution < -0.4 is 10.6 Å². The maximum atomic E-state index is 11.6. The molecule has 17 heavy (non-hydrogen) atoms. The fraction of sp³-hybridized carbons (Fsp3) is 0.462. The van der Waals surface area contributed by atoms with Crippen LogP contribution in [0.15, 0.2) is 30.3 Å². The van der Waals surface area contributed by atoms with Gasteiger partial charge in [-0.05, 0) is 17.9 Å². The zero-order valence-corrected chi connectivity index (χ0v) is 9.61. The summed E-state index contributed by atoms with van der Waals surface area (Å²) in [6.45, 7) is 2.22. The van der Waals surface area contributed by atoms with Gasteiger partial charge < -0.3 is 15.4 Å². The van der Waals surface area contributed by atoms with Gasteiger partial charge in [0, 0.05) is 13.1 Å². The topological polar surface area (TPSA) is 50.4 Å². The van der Waals surface area contributed by atoms with E-state index in [-0.39, 0.29) is 11.6 Å². The number of rotatable bonds is 3. The summed E-state index contributed by atoms with van der Waals surface area (Å²) < 4.78 is 5.20. The van der Waals surface area contributed by atoms with Gasteiger partial charge in [-0.1, -0.05) is 30.3 Å². The van der Waals surface area contributed by atoms with Crippen molar-refractivity contribution in [3.8, 4) is 0 Å². The summed E-state index contributed by atoms with van der Waals surface area (Å²) >= 11 is 0. The highest BCUT2D eigenvalue weighted by molar-refractivity contribution is 5.69. The highest BCUT2D eigenvalue weighted by Crippen LogP contribution is 2.45. The fourth-order valence-corrected chi connectivity index (χ4v) is 2.49. The molecule has 3 rings (SSSR count). The molecule has 1 amide bonds. The van der Waals surface area contributed by atoms with Crippen LogP contribution in [0, 0.1) is 5.92 Å². The molecule has 2 N–H and O–H groups in total. The number of carbonyl (C=O) groups is 1. The van der Waals surface area contributed by atoms with Crippen LogP contribution in [-0.4, -0.2) is 24.7 Å². The summed E-state index contributed by atoms with van der Waals surface area (Å²) in [5.41, 5.74) is 1.00. The van der Waals surface area contributed by atoms with E-state index >= 15 is 0 Å². The number of nitrogens with one attached hydrogen (secondary N) is 2. The highest BCUT2D eigenvalue weighted by atomic mass is 16.5. The van der Waals surface area contributed by atoms with Crippen LogP contribution in [0.3, 0.4) is 0 Å². The molecular formula is C13H16N2O2. The predicted molar refractivity (Wildman–Crippen MR) is 63.5 cm³/mol. The zero-order chi connectivity index (χ0) is 11.7. The Bertz CT molecular complexity index is 421. The van der Waals surface area contributed by atoms with Crippen molar-refractivity contribution in [1.29, 1.82) is 0 Å². The molecule has 4 nitrogen and oxygen atoms in total. The van der Waals surface area contributed by atoms with Crippen molar-refractivity contribution in [1.82, 2.24) is 10.6 Å². The lowest BCUT2D eigenvalue weighted by Gasteiger charge is -2.14. The molecule has 4 heteroatoms. The van der Waals surface area contributed by atoms with Crippen molar-refractivity contribution < 1.29 is 9.53 Å². The van der Waals surface area contributed by atoms with Gasteiger partial charge in [-0.25, -0.2) is 4.79 Å². The minimum Gasteiger partial charge on any atom is -0.445 e. The number of hydrogen-bond donors (Lipinski definition) is 2. The van der Waals surface area contributed by atoms with Gasteiger partial charge in [0.1, 0.15) is 6.61 Å². The molecule has 2 fully saturated rings. The van der Waals surface area contributed by atoms with Crippen molar-refractivity contribution >= 4 is 6.09 Å². The summed E-state index contributed by atoms with van der Waals surface area (Å²) in [4.78, 5) is 11.6. The van der Waals surface area contributed by atoms with E-state index in [4.69, 9.17) is 4.74 Å². The maximum Gasteiger partial charge on any atom is 0.407 e. The maximum absolute atomic E-state index is 11.6. The van der Waals surface area contributed by atoms with Crippen LogP contribution in [0.1, 0.15) is 12.0 Å². The minimum atomic E-state index is -0.306. The highest BCUT2D eigenvalue weighted by Gasteiger charge is 2.58. The molecule has 1 aliphatic carbocycles. The molecule has 0 aromatic heterocycles. The van der Waals surface area contributed by atoms with Gasteiger partial charge in [0.2, 0.25) is 0 Å². The molecule has 2 aliphatic rings. The molecule has 1 saturated carbocycles. The standard InChI is InChI=1S/C13H16N2O2/c16-12(15-13-6-11(13)7-14-9-13)17-8-10-4-2-1-3-5-10/h1-5,11,14H,6-9H2,(H,15,16)/t11-,13+/m0/s1. The minimum absolute atomic E-state index is 0.00618. The summed E-state index contributed by atoms with van der Waals surface area (Å²) in [6.07, 6.45) is 0.778. The lowest BCUT2D eigenvalue weighted by Crippen LogP contribution is -2.41. The molecule has 0 spiro atoms. The summed E-state index contributed by atoms with van der Waals surface area (Å²) in [6, 6.07) is 9.72. The van der Waals surface area contributed by atoms with Crippen molar-refractivity contribution in [3.05, 3.63) is 35.9 Å². The quantitative estimate of drug-likeness (QED) is 0.825. The average molecular weight is 232 g/mol. The number of piperidine rings is 1. The lowest BCUT2D eigenvalue weighted by molar-refractivity contribution is 0.134. The number of amides is 1. The Morgan fingerprint density at radius 3 is 2.94 bits per heavy atom. The van der Waals surface area contributed by atoms with Crippen LogP contribution in [0.5, 0.6) is 0 Å². The largest absolute Gasteiger partial charge is 0.445 e. The van der Waals surface area contributed by atoms with E-state index in [1.54, 1.807) is 0 Å². The SMILES string of the molecule is O=C(N[C@]12CNC[C@@H]1C2)OCc1ccccc1.